The Labute approximate surface area is 125 Å². The summed E-state index contributed by atoms with van der Waals surface area (Å²) in [5.41, 5.74) is 0.565. The molecule has 0 aliphatic rings. The van der Waals surface area contributed by atoms with Crippen LogP contribution in [0.5, 0.6) is 17.4 Å². The number of nitro benzene ring substituents is 1. The SMILES string of the molecule is CCc1c(Cl)ncnc1Oc1ccc([N+](=O)[O-])cc1OC. The van der Waals surface area contributed by atoms with Crippen LogP contribution in [-0.4, -0.2) is 22.0 Å². The van der Waals surface area contributed by atoms with E-state index >= 15 is 0 Å². The lowest BCUT2D eigenvalue weighted by atomic mass is 10.2. The molecule has 0 fully saturated rings. The molecule has 1 heterocycles. The quantitative estimate of drug-likeness (QED) is 0.478. The lowest BCUT2D eigenvalue weighted by Gasteiger charge is -2.12. The average Bonchev–Trinajstić information content (AvgIpc) is 2.47. The summed E-state index contributed by atoms with van der Waals surface area (Å²) in [6, 6.07) is 4.06. The summed E-state index contributed by atoms with van der Waals surface area (Å²) in [4.78, 5) is 18.2. The van der Waals surface area contributed by atoms with Crippen molar-refractivity contribution in [2.24, 2.45) is 0 Å². The van der Waals surface area contributed by atoms with Crippen LogP contribution >= 0.6 is 11.6 Å². The topological polar surface area (TPSA) is 87.4 Å². The molecule has 0 N–H and O–H groups in total. The van der Waals surface area contributed by atoms with Crippen molar-refractivity contribution in [2.45, 2.75) is 13.3 Å². The molecule has 0 atom stereocenters. The van der Waals surface area contributed by atoms with Gasteiger partial charge in [-0.2, -0.15) is 0 Å². The Morgan fingerprint density at radius 1 is 1.33 bits per heavy atom. The maximum atomic E-state index is 10.8. The molecule has 0 unspecified atom stereocenters. The van der Waals surface area contributed by atoms with E-state index in [4.69, 9.17) is 21.1 Å². The Morgan fingerprint density at radius 3 is 2.71 bits per heavy atom. The van der Waals surface area contributed by atoms with Crippen molar-refractivity contribution in [3.63, 3.8) is 0 Å². The fraction of sp³-hybridized carbons (Fsp3) is 0.231. The molecule has 0 saturated carbocycles. The Hall–Kier alpha value is -2.41. The predicted octanol–water partition coefficient (Wildman–Crippen LogP) is 3.40. The molecule has 8 heteroatoms. The average molecular weight is 310 g/mol. The number of rotatable bonds is 5. The molecule has 110 valence electrons. The molecule has 0 saturated heterocycles. The zero-order chi connectivity index (χ0) is 15.4. The van der Waals surface area contributed by atoms with Gasteiger partial charge in [-0.25, -0.2) is 9.97 Å². The Bertz CT molecular complexity index is 678. The first-order chi connectivity index (χ1) is 10.1. The number of aromatic nitrogens is 2. The molecule has 7 nitrogen and oxygen atoms in total. The van der Waals surface area contributed by atoms with Gasteiger partial charge in [0.15, 0.2) is 11.5 Å². The monoisotopic (exact) mass is 309 g/mol. The van der Waals surface area contributed by atoms with Crippen LogP contribution < -0.4 is 9.47 Å². The molecule has 2 rings (SSSR count). The lowest BCUT2D eigenvalue weighted by Crippen LogP contribution is -1.99. The molecule has 0 spiro atoms. The van der Waals surface area contributed by atoms with E-state index < -0.39 is 4.92 Å². The van der Waals surface area contributed by atoms with Gasteiger partial charge in [0.1, 0.15) is 11.5 Å². The number of non-ortho nitro benzene ring substituents is 1. The Morgan fingerprint density at radius 2 is 2.10 bits per heavy atom. The van der Waals surface area contributed by atoms with Crippen molar-refractivity contribution in [3.05, 3.63) is 45.4 Å². The van der Waals surface area contributed by atoms with Crippen LogP contribution in [0.3, 0.4) is 0 Å². The second kappa shape index (κ2) is 6.36. The number of ether oxygens (including phenoxy) is 2. The predicted molar refractivity (Wildman–Crippen MR) is 76.1 cm³/mol. The van der Waals surface area contributed by atoms with Crippen LogP contribution in [0.4, 0.5) is 5.69 Å². The minimum absolute atomic E-state index is 0.0874. The zero-order valence-corrected chi connectivity index (χ0v) is 12.1. The second-order valence-corrected chi connectivity index (χ2v) is 4.35. The van der Waals surface area contributed by atoms with Gasteiger partial charge in [0.2, 0.25) is 5.88 Å². The number of halogens is 1. The highest BCUT2D eigenvalue weighted by Crippen LogP contribution is 2.35. The van der Waals surface area contributed by atoms with Gasteiger partial charge in [0, 0.05) is 6.07 Å². The Kier molecular flexibility index (Phi) is 4.54. The smallest absolute Gasteiger partial charge is 0.273 e. The molecular weight excluding hydrogens is 298 g/mol. The first-order valence-electron chi connectivity index (χ1n) is 6.06. The third-order valence-corrected chi connectivity index (χ3v) is 3.10. The summed E-state index contributed by atoms with van der Waals surface area (Å²) in [7, 11) is 1.40. The summed E-state index contributed by atoms with van der Waals surface area (Å²) < 4.78 is 10.8. The van der Waals surface area contributed by atoms with E-state index in [1.807, 2.05) is 6.92 Å². The first kappa shape index (κ1) is 15.0. The Balaban J connectivity index is 2.40. The third-order valence-electron chi connectivity index (χ3n) is 2.77. The van der Waals surface area contributed by atoms with Gasteiger partial charge in [-0.1, -0.05) is 18.5 Å². The van der Waals surface area contributed by atoms with E-state index in [2.05, 4.69) is 9.97 Å². The minimum Gasteiger partial charge on any atom is -0.493 e. The molecule has 0 amide bonds. The second-order valence-electron chi connectivity index (χ2n) is 4.00. The van der Waals surface area contributed by atoms with E-state index in [0.29, 0.717) is 28.8 Å². The summed E-state index contributed by atoms with van der Waals surface area (Å²) in [5, 5.41) is 11.1. The van der Waals surface area contributed by atoms with Crippen LogP contribution in [0.25, 0.3) is 0 Å². The zero-order valence-electron chi connectivity index (χ0n) is 11.4. The van der Waals surface area contributed by atoms with Gasteiger partial charge in [-0.3, -0.25) is 10.1 Å². The molecular formula is C13H12ClN3O4. The van der Waals surface area contributed by atoms with Gasteiger partial charge >= 0.3 is 0 Å². The van der Waals surface area contributed by atoms with Crippen LogP contribution in [0, 0.1) is 10.1 Å². The van der Waals surface area contributed by atoms with Crippen molar-refractivity contribution in [2.75, 3.05) is 7.11 Å². The number of nitro groups is 1. The van der Waals surface area contributed by atoms with Crippen LogP contribution in [0.15, 0.2) is 24.5 Å². The molecule has 0 radical (unpaired) electrons. The molecule has 21 heavy (non-hydrogen) atoms. The summed E-state index contributed by atoms with van der Waals surface area (Å²) >= 11 is 5.98. The van der Waals surface area contributed by atoms with E-state index in [1.165, 1.54) is 31.6 Å². The fourth-order valence-corrected chi connectivity index (χ4v) is 1.98. The highest BCUT2D eigenvalue weighted by molar-refractivity contribution is 6.30. The van der Waals surface area contributed by atoms with Crippen molar-refractivity contribution in [1.29, 1.82) is 0 Å². The summed E-state index contributed by atoms with van der Waals surface area (Å²) in [5.74, 6) is 0.846. The summed E-state index contributed by atoms with van der Waals surface area (Å²) in [6.07, 6.45) is 1.87. The number of benzene rings is 1. The highest BCUT2D eigenvalue weighted by Gasteiger charge is 2.16. The highest BCUT2D eigenvalue weighted by atomic mass is 35.5. The van der Waals surface area contributed by atoms with Crippen LogP contribution in [0.1, 0.15) is 12.5 Å². The lowest BCUT2D eigenvalue weighted by molar-refractivity contribution is -0.384. The van der Waals surface area contributed by atoms with Crippen molar-refractivity contribution in [1.82, 2.24) is 9.97 Å². The minimum atomic E-state index is -0.509. The maximum Gasteiger partial charge on any atom is 0.273 e. The molecule has 0 aliphatic heterocycles. The van der Waals surface area contributed by atoms with Gasteiger partial charge < -0.3 is 9.47 Å². The van der Waals surface area contributed by atoms with Crippen LogP contribution in [-0.2, 0) is 6.42 Å². The molecule has 0 bridgehead atoms. The normalized spacial score (nSPS) is 10.2. The van der Waals surface area contributed by atoms with Crippen molar-refractivity contribution in [3.8, 4) is 17.4 Å². The first-order valence-corrected chi connectivity index (χ1v) is 6.44. The van der Waals surface area contributed by atoms with Gasteiger partial charge in [0.05, 0.1) is 23.7 Å². The van der Waals surface area contributed by atoms with E-state index in [-0.39, 0.29) is 11.4 Å². The molecule has 1 aromatic carbocycles. The standard InChI is InChI=1S/C13H12ClN3O4/c1-3-9-12(14)15-7-16-13(9)21-10-5-4-8(17(18)19)6-11(10)20-2/h4-7H,3H2,1-2H3. The van der Waals surface area contributed by atoms with Crippen molar-refractivity contribution < 1.29 is 14.4 Å². The fourth-order valence-electron chi connectivity index (χ4n) is 1.72. The van der Waals surface area contributed by atoms with Crippen molar-refractivity contribution >= 4 is 17.3 Å². The van der Waals surface area contributed by atoms with Crippen LogP contribution in [0.2, 0.25) is 5.15 Å². The maximum absolute atomic E-state index is 10.8. The van der Waals surface area contributed by atoms with E-state index in [1.54, 1.807) is 0 Å². The molecule has 0 aliphatic carbocycles. The number of hydrogen-bond donors (Lipinski definition) is 0. The molecule has 1 aromatic heterocycles. The third kappa shape index (κ3) is 3.19. The van der Waals surface area contributed by atoms with Gasteiger partial charge in [-0.15, -0.1) is 0 Å². The number of nitrogens with zero attached hydrogens (tertiary/aromatic N) is 3. The summed E-state index contributed by atoms with van der Waals surface area (Å²) in [6.45, 7) is 1.89. The van der Waals surface area contributed by atoms with E-state index in [0.717, 1.165) is 0 Å². The number of methoxy groups -OCH3 is 1. The van der Waals surface area contributed by atoms with Gasteiger partial charge in [-0.05, 0) is 12.5 Å². The van der Waals surface area contributed by atoms with Gasteiger partial charge in [0.25, 0.3) is 5.69 Å². The number of hydrogen-bond acceptors (Lipinski definition) is 6. The van der Waals surface area contributed by atoms with E-state index in [9.17, 15) is 10.1 Å². The largest absolute Gasteiger partial charge is 0.493 e. The molecule has 2 aromatic rings.